The Bertz CT molecular complexity index is 1070. The molecule has 0 unspecified atom stereocenters. The van der Waals surface area contributed by atoms with Crippen molar-refractivity contribution in [1.29, 1.82) is 0 Å². The molecule has 1 amide bonds. The quantitative estimate of drug-likeness (QED) is 0.354. The minimum absolute atomic E-state index is 0.172. The number of ether oxygens (including phenoxy) is 3. The second-order valence-electron chi connectivity index (χ2n) is 7.20. The van der Waals surface area contributed by atoms with Crippen molar-refractivity contribution in [2.24, 2.45) is 0 Å². The van der Waals surface area contributed by atoms with Gasteiger partial charge in [-0.25, -0.2) is 9.78 Å². The van der Waals surface area contributed by atoms with Crippen LogP contribution in [-0.4, -0.2) is 43.2 Å². The van der Waals surface area contributed by atoms with Crippen molar-refractivity contribution in [3.8, 4) is 11.5 Å². The zero-order valence-corrected chi connectivity index (χ0v) is 20.2. The van der Waals surface area contributed by atoms with Crippen LogP contribution in [0.1, 0.15) is 35.5 Å². The molecular weight excluding hydrogens is 454 g/mol. The average Bonchev–Trinajstić information content (AvgIpc) is 3.33. The summed E-state index contributed by atoms with van der Waals surface area (Å²) in [6.07, 6.45) is 0.606. The van der Waals surface area contributed by atoms with E-state index in [1.165, 1.54) is 11.3 Å². The molecule has 180 valence electrons. The van der Waals surface area contributed by atoms with Gasteiger partial charge in [-0.05, 0) is 43.5 Å². The van der Waals surface area contributed by atoms with Crippen LogP contribution in [0.15, 0.2) is 53.9 Å². The predicted molar refractivity (Wildman–Crippen MR) is 132 cm³/mol. The van der Waals surface area contributed by atoms with Crippen molar-refractivity contribution in [3.05, 3.63) is 70.7 Å². The number of benzene rings is 2. The first-order valence-corrected chi connectivity index (χ1v) is 12.0. The number of carbonyl (C=O) groups excluding carboxylic acids is 2. The van der Waals surface area contributed by atoms with Gasteiger partial charge in [-0.1, -0.05) is 36.4 Å². The summed E-state index contributed by atoms with van der Waals surface area (Å²) in [6, 6.07) is 15.6. The van der Waals surface area contributed by atoms with E-state index in [-0.39, 0.29) is 18.2 Å². The van der Waals surface area contributed by atoms with Crippen LogP contribution in [0.4, 0.5) is 5.13 Å². The van der Waals surface area contributed by atoms with Crippen LogP contribution < -0.4 is 20.1 Å². The Balaban J connectivity index is 1.39. The normalized spacial score (nSPS) is 10.4. The van der Waals surface area contributed by atoms with Crippen LogP contribution in [-0.2, 0) is 22.5 Å². The average molecular weight is 484 g/mol. The molecule has 1 aromatic heterocycles. The number of anilines is 1. The van der Waals surface area contributed by atoms with E-state index in [0.717, 1.165) is 11.1 Å². The topological polar surface area (TPSA) is 98.8 Å². The standard InChI is InChI=1S/C25H29N3O5S/c1-3-31-21-11-10-18(14-22(21)32-4-2)12-13-26-23(29)16-33-24(30)20-17-34-25(28-20)27-15-19-8-6-5-7-9-19/h5-11,14,17H,3-4,12-13,15-16H2,1-2H3,(H,26,29)(H,27,28). The van der Waals surface area contributed by atoms with Gasteiger partial charge in [0.1, 0.15) is 0 Å². The summed E-state index contributed by atoms with van der Waals surface area (Å²) in [7, 11) is 0. The molecule has 9 heteroatoms. The third kappa shape index (κ3) is 7.77. The highest BCUT2D eigenvalue weighted by Crippen LogP contribution is 2.28. The number of nitrogens with zero attached hydrogens (tertiary/aromatic N) is 1. The Morgan fingerprint density at radius 2 is 1.74 bits per heavy atom. The van der Waals surface area contributed by atoms with Crippen LogP contribution in [0.25, 0.3) is 0 Å². The smallest absolute Gasteiger partial charge is 0.358 e. The largest absolute Gasteiger partial charge is 0.490 e. The number of thiazole rings is 1. The van der Waals surface area contributed by atoms with E-state index in [4.69, 9.17) is 14.2 Å². The molecule has 3 aromatic rings. The van der Waals surface area contributed by atoms with Crippen LogP contribution in [0, 0.1) is 0 Å². The zero-order valence-electron chi connectivity index (χ0n) is 19.3. The molecule has 0 atom stereocenters. The fourth-order valence-electron chi connectivity index (χ4n) is 3.08. The molecule has 34 heavy (non-hydrogen) atoms. The van der Waals surface area contributed by atoms with E-state index in [9.17, 15) is 9.59 Å². The lowest BCUT2D eigenvalue weighted by molar-refractivity contribution is -0.124. The monoisotopic (exact) mass is 483 g/mol. The van der Waals surface area contributed by atoms with Crippen molar-refractivity contribution < 1.29 is 23.8 Å². The number of hydrogen-bond donors (Lipinski definition) is 2. The van der Waals surface area contributed by atoms with Crippen molar-refractivity contribution >= 4 is 28.3 Å². The number of aromatic nitrogens is 1. The number of carbonyl (C=O) groups is 2. The molecule has 0 aliphatic carbocycles. The summed E-state index contributed by atoms with van der Waals surface area (Å²) in [5.41, 5.74) is 2.28. The second kappa shape index (κ2) is 13.2. The van der Waals surface area contributed by atoms with Crippen molar-refractivity contribution in [2.75, 3.05) is 31.7 Å². The highest BCUT2D eigenvalue weighted by molar-refractivity contribution is 7.13. The molecule has 0 spiro atoms. The Hall–Kier alpha value is -3.59. The van der Waals surface area contributed by atoms with Crippen molar-refractivity contribution in [1.82, 2.24) is 10.3 Å². The molecule has 0 bridgehead atoms. The minimum Gasteiger partial charge on any atom is -0.490 e. The first-order valence-electron chi connectivity index (χ1n) is 11.1. The van der Waals surface area contributed by atoms with E-state index in [1.807, 2.05) is 62.4 Å². The maximum atomic E-state index is 12.2. The maximum absolute atomic E-state index is 12.2. The molecule has 0 fully saturated rings. The Morgan fingerprint density at radius 3 is 2.50 bits per heavy atom. The predicted octanol–water partition coefficient (Wildman–Crippen LogP) is 4.07. The Kier molecular flexibility index (Phi) is 9.72. The van der Waals surface area contributed by atoms with Gasteiger partial charge in [0.25, 0.3) is 5.91 Å². The Labute approximate surface area is 203 Å². The summed E-state index contributed by atoms with van der Waals surface area (Å²) in [5.74, 6) is 0.376. The van der Waals surface area contributed by atoms with Crippen LogP contribution in [0.3, 0.4) is 0 Å². The third-order valence-electron chi connectivity index (χ3n) is 4.68. The SMILES string of the molecule is CCOc1ccc(CCNC(=O)COC(=O)c2csc(NCc3ccccc3)n2)cc1OCC. The third-order valence-corrected chi connectivity index (χ3v) is 5.48. The number of nitrogens with one attached hydrogen (secondary N) is 2. The lowest BCUT2D eigenvalue weighted by Gasteiger charge is -2.12. The van der Waals surface area contributed by atoms with E-state index < -0.39 is 5.97 Å². The molecule has 1 heterocycles. The van der Waals surface area contributed by atoms with Crippen LogP contribution >= 0.6 is 11.3 Å². The molecule has 0 aliphatic heterocycles. The minimum atomic E-state index is -0.632. The lowest BCUT2D eigenvalue weighted by atomic mass is 10.1. The molecule has 2 N–H and O–H groups in total. The summed E-state index contributed by atoms with van der Waals surface area (Å²) in [6.45, 7) is 5.57. The maximum Gasteiger partial charge on any atom is 0.358 e. The number of hydrogen-bond acceptors (Lipinski definition) is 8. The molecular formula is C25H29N3O5S. The molecule has 0 aliphatic rings. The van der Waals surface area contributed by atoms with E-state index in [2.05, 4.69) is 15.6 Å². The highest BCUT2D eigenvalue weighted by Gasteiger charge is 2.14. The van der Waals surface area contributed by atoms with E-state index in [0.29, 0.717) is 49.4 Å². The molecule has 0 radical (unpaired) electrons. The Morgan fingerprint density at radius 1 is 0.971 bits per heavy atom. The van der Waals surface area contributed by atoms with Gasteiger partial charge >= 0.3 is 5.97 Å². The van der Waals surface area contributed by atoms with E-state index >= 15 is 0 Å². The van der Waals surface area contributed by atoms with Gasteiger partial charge in [0, 0.05) is 18.5 Å². The van der Waals surface area contributed by atoms with Gasteiger partial charge in [0.05, 0.1) is 13.2 Å². The van der Waals surface area contributed by atoms with Gasteiger partial charge in [-0.15, -0.1) is 11.3 Å². The van der Waals surface area contributed by atoms with Crippen molar-refractivity contribution in [2.45, 2.75) is 26.8 Å². The molecule has 0 saturated heterocycles. The van der Waals surface area contributed by atoms with Gasteiger partial charge in [0.2, 0.25) is 0 Å². The fraction of sp³-hybridized carbons (Fsp3) is 0.320. The van der Waals surface area contributed by atoms with Gasteiger partial charge in [-0.3, -0.25) is 4.79 Å². The van der Waals surface area contributed by atoms with E-state index in [1.54, 1.807) is 5.38 Å². The number of amides is 1. The first-order chi connectivity index (χ1) is 16.6. The summed E-state index contributed by atoms with van der Waals surface area (Å²) in [5, 5.41) is 8.14. The lowest BCUT2D eigenvalue weighted by Crippen LogP contribution is -2.30. The molecule has 0 saturated carbocycles. The fourth-order valence-corrected chi connectivity index (χ4v) is 3.75. The zero-order chi connectivity index (χ0) is 24.2. The number of rotatable bonds is 13. The first kappa shape index (κ1) is 25.0. The molecule has 3 rings (SSSR count). The van der Waals surface area contributed by atoms with Crippen LogP contribution in [0.5, 0.6) is 11.5 Å². The number of esters is 1. The van der Waals surface area contributed by atoms with Crippen molar-refractivity contribution in [3.63, 3.8) is 0 Å². The van der Waals surface area contributed by atoms with Crippen LogP contribution in [0.2, 0.25) is 0 Å². The highest BCUT2D eigenvalue weighted by atomic mass is 32.1. The van der Waals surface area contributed by atoms with Gasteiger partial charge in [-0.2, -0.15) is 0 Å². The van der Waals surface area contributed by atoms with Gasteiger partial charge < -0.3 is 24.8 Å². The summed E-state index contributed by atoms with van der Waals surface area (Å²) in [4.78, 5) is 28.5. The van der Waals surface area contributed by atoms with Gasteiger partial charge in [0.15, 0.2) is 28.9 Å². The molecule has 2 aromatic carbocycles. The summed E-state index contributed by atoms with van der Waals surface area (Å²) < 4.78 is 16.3. The second-order valence-corrected chi connectivity index (χ2v) is 8.06. The summed E-state index contributed by atoms with van der Waals surface area (Å²) >= 11 is 1.31. The molecule has 8 nitrogen and oxygen atoms in total.